The van der Waals surface area contributed by atoms with Crippen molar-refractivity contribution in [2.75, 3.05) is 25.6 Å². The topological polar surface area (TPSA) is 82.6 Å². The Morgan fingerprint density at radius 3 is 2.66 bits per heavy atom. The number of esters is 1. The summed E-state index contributed by atoms with van der Waals surface area (Å²) in [7, 11) is 1.63. The number of nitrogens with zero attached hydrogens (tertiary/aromatic N) is 2. The van der Waals surface area contributed by atoms with Crippen LogP contribution in [-0.2, 0) is 16.0 Å². The van der Waals surface area contributed by atoms with E-state index in [2.05, 4.69) is 15.3 Å². The van der Waals surface area contributed by atoms with Gasteiger partial charge in [0.05, 0.1) is 24.2 Å². The van der Waals surface area contributed by atoms with E-state index in [-0.39, 0.29) is 18.4 Å². The van der Waals surface area contributed by atoms with Gasteiger partial charge in [-0.15, -0.1) is 0 Å². The van der Waals surface area contributed by atoms with Gasteiger partial charge in [-0.05, 0) is 31.0 Å². The number of carbonyl (C=O) groups is 1. The van der Waals surface area contributed by atoms with Crippen LogP contribution in [0, 0.1) is 0 Å². The number of hydrogen-bond donors (Lipinski definition) is 1. The van der Waals surface area contributed by atoms with Crippen LogP contribution in [0.15, 0.2) is 48.5 Å². The second kappa shape index (κ2) is 8.87. The number of para-hydroxylation sites is 3. The molecular weight excluding hydrogens is 370 g/mol. The predicted octanol–water partition coefficient (Wildman–Crippen LogP) is 3.59. The van der Waals surface area contributed by atoms with E-state index in [4.69, 9.17) is 14.2 Å². The van der Waals surface area contributed by atoms with Crippen molar-refractivity contribution < 1.29 is 19.0 Å². The van der Waals surface area contributed by atoms with Crippen LogP contribution in [0.1, 0.15) is 28.9 Å². The third-order valence-electron chi connectivity index (χ3n) is 4.83. The van der Waals surface area contributed by atoms with Crippen molar-refractivity contribution in [1.29, 1.82) is 0 Å². The van der Waals surface area contributed by atoms with E-state index in [0.29, 0.717) is 30.0 Å². The summed E-state index contributed by atoms with van der Waals surface area (Å²) in [5.74, 6) is 0.629. The molecule has 1 aliphatic rings. The fourth-order valence-electron chi connectivity index (χ4n) is 3.31. The van der Waals surface area contributed by atoms with Crippen LogP contribution in [-0.4, -0.2) is 42.4 Å². The normalized spacial score (nSPS) is 16.0. The van der Waals surface area contributed by atoms with Gasteiger partial charge in [0.1, 0.15) is 12.4 Å². The molecule has 1 N–H and O–H groups in total. The number of nitrogens with one attached hydrogen (secondary N) is 1. The summed E-state index contributed by atoms with van der Waals surface area (Å²) < 4.78 is 16.4. The lowest BCUT2D eigenvalue weighted by Crippen LogP contribution is -2.20. The molecular formula is C22H23N3O4. The van der Waals surface area contributed by atoms with Gasteiger partial charge in [-0.2, -0.15) is 0 Å². The lowest BCUT2D eigenvalue weighted by atomic mass is 10.2. The second-order valence-electron chi connectivity index (χ2n) is 6.81. The Balaban J connectivity index is 1.58. The first kappa shape index (κ1) is 19.1. The third-order valence-corrected chi connectivity index (χ3v) is 4.83. The average molecular weight is 393 g/mol. The molecule has 0 saturated carbocycles. The van der Waals surface area contributed by atoms with Crippen molar-refractivity contribution in [2.24, 2.45) is 0 Å². The largest absolute Gasteiger partial charge is 0.496 e. The second-order valence-corrected chi connectivity index (χ2v) is 6.81. The highest BCUT2D eigenvalue weighted by atomic mass is 16.6. The van der Waals surface area contributed by atoms with Gasteiger partial charge < -0.3 is 19.5 Å². The van der Waals surface area contributed by atoms with Crippen LogP contribution >= 0.6 is 0 Å². The molecule has 7 heteroatoms. The molecule has 7 nitrogen and oxygen atoms in total. The highest BCUT2D eigenvalue weighted by molar-refractivity contribution is 5.95. The summed E-state index contributed by atoms with van der Waals surface area (Å²) in [6.45, 7) is 1.37. The van der Waals surface area contributed by atoms with Crippen molar-refractivity contribution in [3.8, 4) is 5.75 Å². The Bertz CT molecular complexity index is 1000. The first-order chi connectivity index (χ1) is 14.2. The fraction of sp³-hybridized carbons (Fsp3) is 0.318. The zero-order valence-electron chi connectivity index (χ0n) is 16.3. The SMILES string of the molecule is COc1ccccc1CNc1nc2ccccc2nc1C(=O)OC[C@H]1CCCO1. The molecule has 1 fully saturated rings. The quantitative estimate of drug-likeness (QED) is 0.614. The van der Waals surface area contributed by atoms with Gasteiger partial charge in [-0.25, -0.2) is 14.8 Å². The van der Waals surface area contributed by atoms with E-state index < -0.39 is 5.97 Å². The third kappa shape index (κ3) is 4.46. The molecule has 0 spiro atoms. The molecule has 0 aliphatic carbocycles. The van der Waals surface area contributed by atoms with Crippen molar-refractivity contribution in [2.45, 2.75) is 25.5 Å². The molecule has 4 rings (SSSR count). The van der Waals surface area contributed by atoms with Gasteiger partial charge in [-0.1, -0.05) is 30.3 Å². The minimum absolute atomic E-state index is 0.0441. The number of carbonyl (C=O) groups excluding carboxylic acids is 1. The molecule has 0 amide bonds. The molecule has 2 heterocycles. The van der Waals surface area contributed by atoms with Gasteiger partial charge in [0.15, 0.2) is 11.5 Å². The molecule has 2 aromatic carbocycles. The lowest BCUT2D eigenvalue weighted by Gasteiger charge is -2.14. The van der Waals surface area contributed by atoms with Crippen molar-refractivity contribution in [3.63, 3.8) is 0 Å². The number of anilines is 1. The highest BCUT2D eigenvalue weighted by Crippen LogP contribution is 2.22. The Labute approximate surface area is 169 Å². The van der Waals surface area contributed by atoms with Crippen molar-refractivity contribution in [1.82, 2.24) is 9.97 Å². The van der Waals surface area contributed by atoms with Gasteiger partial charge in [0, 0.05) is 18.7 Å². The minimum Gasteiger partial charge on any atom is -0.496 e. The van der Waals surface area contributed by atoms with E-state index in [1.54, 1.807) is 7.11 Å². The summed E-state index contributed by atoms with van der Waals surface area (Å²) in [4.78, 5) is 21.9. The number of benzene rings is 2. The van der Waals surface area contributed by atoms with E-state index in [1.165, 1.54) is 0 Å². The summed E-state index contributed by atoms with van der Waals surface area (Å²) in [6.07, 6.45) is 1.84. The molecule has 1 atom stereocenters. The number of aromatic nitrogens is 2. The Kier molecular flexibility index (Phi) is 5.86. The Hall–Kier alpha value is -3.19. The number of ether oxygens (including phenoxy) is 3. The molecule has 3 aromatic rings. The number of methoxy groups -OCH3 is 1. The maximum absolute atomic E-state index is 12.8. The van der Waals surface area contributed by atoms with Gasteiger partial charge in [0.25, 0.3) is 0 Å². The van der Waals surface area contributed by atoms with Crippen LogP contribution in [0.2, 0.25) is 0 Å². The lowest BCUT2D eigenvalue weighted by molar-refractivity contribution is 0.0157. The molecule has 1 saturated heterocycles. The smallest absolute Gasteiger partial charge is 0.360 e. The zero-order valence-corrected chi connectivity index (χ0v) is 16.3. The molecule has 0 radical (unpaired) electrons. The molecule has 1 aromatic heterocycles. The Morgan fingerprint density at radius 1 is 1.14 bits per heavy atom. The standard InChI is InChI=1S/C22H23N3O4/c1-27-19-11-5-2-7-15(19)13-23-21-20(22(26)29-14-16-8-6-12-28-16)24-17-9-3-4-10-18(17)25-21/h2-5,7,9-11,16H,6,8,12-14H2,1H3,(H,23,25)/t16-/m1/s1. The highest BCUT2D eigenvalue weighted by Gasteiger charge is 2.22. The summed E-state index contributed by atoms with van der Waals surface area (Å²) in [6, 6.07) is 15.1. The van der Waals surface area contributed by atoms with Gasteiger partial charge in [-0.3, -0.25) is 0 Å². The van der Waals surface area contributed by atoms with Gasteiger partial charge >= 0.3 is 5.97 Å². The minimum atomic E-state index is -0.513. The molecule has 150 valence electrons. The van der Waals surface area contributed by atoms with E-state index in [0.717, 1.165) is 24.2 Å². The van der Waals surface area contributed by atoms with Crippen LogP contribution in [0.25, 0.3) is 11.0 Å². The first-order valence-electron chi connectivity index (χ1n) is 9.66. The summed E-state index contributed by atoms with van der Waals surface area (Å²) in [5.41, 5.74) is 2.45. The number of fused-ring (bicyclic) bond motifs is 1. The van der Waals surface area contributed by atoms with Crippen LogP contribution < -0.4 is 10.1 Å². The van der Waals surface area contributed by atoms with Crippen LogP contribution in [0.5, 0.6) is 5.75 Å². The van der Waals surface area contributed by atoms with E-state index >= 15 is 0 Å². The van der Waals surface area contributed by atoms with Gasteiger partial charge in [0.2, 0.25) is 0 Å². The van der Waals surface area contributed by atoms with E-state index in [9.17, 15) is 4.79 Å². The monoisotopic (exact) mass is 393 g/mol. The van der Waals surface area contributed by atoms with Crippen molar-refractivity contribution >= 4 is 22.8 Å². The first-order valence-corrected chi connectivity index (χ1v) is 9.66. The maximum atomic E-state index is 12.8. The van der Waals surface area contributed by atoms with Crippen LogP contribution in [0.3, 0.4) is 0 Å². The fourth-order valence-corrected chi connectivity index (χ4v) is 3.31. The molecule has 1 aliphatic heterocycles. The Morgan fingerprint density at radius 2 is 1.90 bits per heavy atom. The molecule has 0 bridgehead atoms. The molecule has 29 heavy (non-hydrogen) atoms. The number of rotatable bonds is 7. The zero-order chi connectivity index (χ0) is 20.1. The van der Waals surface area contributed by atoms with E-state index in [1.807, 2.05) is 48.5 Å². The molecule has 0 unspecified atom stereocenters. The van der Waals surface area contributed by atoms with Crippen LogP contribution in [0.4, 0.5) is 5.82 Å². The average Bonchev–Trinajstić information content (AvgIpc) is 3.29. The maximum Gasteiger partial charge on any atom is 0.360 e. The van der Waals surface area contributed by atoms with Crippen molar-refractivity contribution in [3.05, 3.63) is 59.8 Å². The summed E-state index contributed by atoms with van der Waals surface area (Å²) >= 11 is 0. The predicted molar refractivity (Wildman–Crippen MR) is 109 cm³/mol. The summed E-state index contributed by atoms with van der Waals surface area (Å²) in [5, 5.41) is 3.22. The number of hydrogen-bond acceptors (Lipinski definition) is 7.